The molecular formula is C8H13NO5S. The van der Waals surface area contributed by atoms with Gasteiger partial charge in [-0.05, 0) is 6.92 Å². The Bertz CT molecular complexity index is 343. The van der Waals surface area contributed by atoms with Crippen LogP contribution in [0.25, 0.3) is 0 Å². The topological polar surface area (TPSA) is 93.5 Å². The molecule has 0 aromatic heterocycles. The molecule has 0 spiro atoms. The van der Waals surface area contributed by atoms with Gasteiger partial charge in [0.2, 0.25) is 0 Å². The predicted molar refractivity (Wildman–Crippen MR) is 51.7 cm³/mol. The van der Waals surface area contributed by atoms with Gasteiger partial charge in [0.25, 0.3) is 0 Å². The molecule has 0 aromatic rings. The lowest BCUT2D eigenvalue weighted by Gasteiger charge is -2.11. The molecule has 7 heteroatoms. The Morgan fingerprint density at radius 2 is 2.13 bits per heavy atom. The van der Waals surface area contributed by atoms with Crippen LogP contribution < -0.4 is 0 Å². The van der Waals surface area contributed by atoms with E-state index >= 15 is 0 Å². The maximum absolute atomic E-state index is 11.1. The van der Waals surface area contributed by atoms with Crippen molar-refractivity contribution in [1.29, 1.82) is 5.26 Å². The lowest BCUT2D eigenvalue weighted by molar-refractivity contribution is -0.147. The van der Waals surface area contributed by atoms with Crippen molar-refractivity contribution < 1.29 is 22.7 Å². The van der Waals surface area contributed by atoms with Crippen LogP contribution in [0, 0.1) is 11.3 Å². The highest BCUT2D eigenvalue weighted by molar-refractivity contribution is 7.92. The molecule has 0 aliphatic heterocycles. The van der Waals surface area contributed by atoms with Crippen molar-refractivity contribution >= 4 is 15.8 Å². The number of rotatable bonds is 6. The van der Waals surface area contributed by atoms with Crippen LogP contribution in [-0.4, -0.2) is 45.7 Å². The molecule has 0 aliphatic carbocycles. The van der Waals surface area contributed by atoms with Crippen LogP contribution in [0.4, 0.5) is 0 Å². The van der Waals surface area contributed by atoms with E-state index in [-0.39, 0.29) is 6.61 Å². The minimum Gasteiger partial charge on any atom is -0.459 e. The standard InChI is InChI=1S/C8H13NO5S/c1-7(5-13-2)14-8(10)6-15(11,12)4-3-9/h7H,4-6H2,1-2H3. The first-order valence-electron chi connectivity index (χ1n) is 4.17. The average molecular weight is 235 g/mol. The number of hydrogen-bond acceptors (Lipinski definition) is 6. The Kier molecular flexibility index (Phi) is 5.89. The molecule has 0 saturated carbocycles. The summed E-state index contributed by atoms with van der Waals surface area (Å²) in [7, 11) is -2.23. The maximum atomic E-state index is 11.1. The molecular weight excluding hydrogens is 222 g/mol. The monoisotopic (exact) mass is 235 g/mol. The fraction of sp³-hybridized carbons (Fsp3) is 0.750. The molecule has 0 radical (unpaired) electrons. The molecule has 0 heterocycles. The molecule has 1 unspecified atom stereocenters. The van der Waals surface area contributed by atoms with E-state index in [1.165, 1.54) is 13.2 Å². The van der Waals surface area contributed by atoms with Gasteiger partial charge in [-0.2, -0.15) is 5.26 Å². The molecule has 86 valence electrons. The van der Waals surface area contributed by atoms with Crippen LogP contribution in [0.3, 0.4) is 0 Å². The van der Waals surface area contributed by atoms with Gasteiger partial charge < -0.3 is 9.47 Å². The zero-order chi connectivity index (χ0) is 11.9. The van der Waals surface area contributed by atoms with Crippen molar-refractivity contribution in [2.45, 2.75) is 13.0 Å². The van der Waals surface area contributed by atoms with Gasteiger partial charge in [-0.1, -0.05) is 0 Å². The van der Waals surface area contributed by atoms with Gasteiger partial charge in [-0.3, -0.25) is 4.79 Å². The van der Waals surface area contributed by atoms with E-state index in [9.17, 15) is 13.2 Å². The number of sulfone groups is 1. The summed E-state index contributed by atoms with van der Waals surface area (Å²) in [6, 6.07) is 1.47. The number of ether oxygens (including phenoxy) is 2. The Morgan fingerprint density at radius 1 is 1.53 bits per heavy atom. The second-order valence-electron chi connectivity index (χ2n) is 2.95. The number of hydrogen-bond donors (Lipinski definition) is 0. The predicted octanol–water partition coefficient (Wildman–Crippen LogP) is -0.497. The van der Waals surface area contributed by atoms with E-state index in [1.807, 2.05) is 0 Å². The Morgan fingerprint density at radius 3 is 2.60 bits per heavy atom. The number of nitrogens with zero attached hydrogens (tertiary/aromatic N) is 1. The van der Waals surface area contributed by atoms with Gasteiger partial charge in [0.15, 0.2) is 9.84 Å². The van der Waals surface area contributed by atoms with Crippen molar-refractivity contribution in [2.24, 2.45) is 0 Å². The molecule has 0 rings (SSSR count). The van der Waals surface area contributed by atoms with Gasteiger partial charge in [-0.25, -0.2) is 8.42 Å². The first kappa shape index (κ1) is 13.9. The zero-order valence-corrected chi connectivity index (χ0v) is 9.41. The highest BCUT2D eigenvalue weighted by Gasteiger charge is 2.19. The third-order valence-electron chi connectivity index (χ3n) is 1.36. The van der Waals surface area contributed by atoms with E-state index in [0.29, 0.717) is 0 Å². The normalized spacial score (nSPS) is 12.9. The highest BCUT2D eigenvalue weighted by Crippen LogP contribution is 1.96. The average Bonchev–Trinajstić information content (AvgIpc) is 2.01. The second kappa shape index (κ2) is 6.37. The lowest BCUT2D eigenvalue weighted by Crippen LogP contribution is -2.26. The fourth-order valence-corrected chi connectivity index (χ4v) is 1.58. The molecule has 0 fully saturated rings. The molecule has 0 aliphatic rings. The van der Waals surface area contributed by atoms with E-state index in [1.54, 1.807) is 6.92 Å². The largest absolute Gasteiger partial charge is 0.459 e. The van der Waals surface area contributed by atoms with Gasteiger partial charge in [0.1, 0.15) is 17.6 Å². The summed E-state index contributed by atoms with van der Waals surface area (Å²) >= 11 is 0. The van der Waals surface area contributed by atoms with Crippen molar-refractivity contribution in [3.63, 3.8) is 0 Å². The first-order valence-corrected chi connectivity index (χ1v) is 5.99. The Labute approximate surface area is 88.7 Å². The lowest BCUT2D eigenvalue weighted by atomic mass is 10.4. The second-order valence-corrected chi connectivity index (χ2v) is 5.01. The third-order valence-corrected chi connectivity index (χ3v) is 2.60. The van der Waals surface area contributed by atoms with Crippen molar-refractivity contribution in [3.8, 4) is 6.07 Å². The molecule has 0 N–H and O–H groups in total. The zero-order valence-electron chi connectivity index (χ0n) is 8.60. The van der Waals surface area contributed by atoms with Gasteiger partial charge in [-0.15, -0.1) is 0 Å². The first-order chi connectivity index (χ1) is 6.91. The molecule has 0 aromatic carbocycles. The van der Waals surface area contributed by atoms with Gasteiger partial charge >= 0.3 is 5.97 Å². The summed E-state index contributed by atoms with van der Waals surface area (Å²) < 4.78 is 31.5. The van der Waals surface area contributed by atoms with Crippen LogP contribution in [0.15, 0.2) is 0 Å². The number of methoxy groups -OCH3 is 1. The Hall–Kier alpha value is -1.13. The van der Waals surface area contributed by atoms with Gasteiger partial charge in [0, 0.05) is 7.11 Å². The van der Waals surface area contributed by atoms with Crippen LogP contribution >= 0.6 is 0 Å². The maximum Gasteiger partial charge on any atom is 0.321 e. The summed E-state index contributed by atoms with van der Waals surface area (Å²) in [5.74, 6) is -2.31. The fourth-order valence-electron chi connectivity index (χ4n) is 0.856. The minimum atomic E-state index is -3.67. The van der Waals surface area contributed by atoms with Crippen molar-refractivity contribution in [3.05, 3.63) is 0 Å². The summed E-state index contributed by atoms with van der Waals surface area (Å²) in [5.41, 5.74) is 0. The molecule has 15 heavy (non-hydrogen) atoms. The number of carbonyl (C=O) groups is 1. The number of esters is 1. The summed E-state index contributed by atoms with van der Waals surface area (Å²) in [6.45, 7) is 1.78. The quantitative estimate of drug-likeness (QED) is 0.576. The summed E-state index contributed by atoms with van der Waals surface area (Å²) in [4.78, 5) is 11.1. The van der Waals surface area contributed by atoms with Crippen LogP contribution in [-0.2, 0) is 24.1 Å². The third kappa shape index (κ3) is 6.88. The van der Waals surface area contributed by atoms with Crippen molar-refractivity contribution in [2.75, 3.05) is 25.2 Å². The highest BCUT2D eigenvalue weighted by atomic mass is 32.2. The van der Waals surface area contributed by atoms with E-state index < -0.39 is 33.4 Å². The van der Waals surface area contributed by atoms with E-state index in [4.69, 9.17) is 14.7 Å². The minimum absolute atomic E-state index is 0.198. The molecule has 1 atom stereocenters. The number of carbonyl (C=O) groups excluding carboxylic acids is 1. The van der Waals surface area contributed by atoms with Crippen LogP contribution in [0.5, 0.6) is 0 Å². The molecule has 0 bridgehead atoms. The van der Waals surface area contributed by atoms with Crippen LogP contribution in [0.1, 0.15) is 6.92 Å². The molecule has 0 saturated heterocycles. The van der Waals surface area contributed by atoms with Crippen molar-refractivity contribution in [1.82, 2.24) is 0 Å². The smallest absolute Gasteiger partial charge is 0.321 e. The van der Waals surface area contributed by atoms with E-state index in [0.717, 1.165) is 0 Å². The van der Waals surface area contributed by atoms with Gasteiger partial charge in [0.05, 0.1) is 12.7 Å². The van der Waals surface area contributed by atoms with E-state index in [2.05, 4.69) is 0 Å². The number of nitriles is 1. The molecule has 6 nitrogen and oxygen atoms in total. The van der Waals surface area contributed by atoms with Crippen LogP contribution in [0.2, 0.25) is 0 Å². The summed E-state index contributed by atoms with van der Waals surface area (Å²) in [6.07, 6.45) is -0.500. The summed E-state index contributed by atoms with van der Waals surface area (Å²) in [5, 5.41) is 8.18. The SMILES string of the molecule is COCC(C)OC(=O)CS(=O)(=O)CC#N. The Balaban J connectivity index is 4.11. The molecule has 0 amide bonds.